The number of benzene rings is 2. The van der Waals surface area contributed by atoms with Crippen molar-refractivity contribution in [3.8, 4) is 5.69 Å². The van der Waals surface area contributed by atoms with Crippen molar-refractivity contribution in [2.24, 2.45) is 0 Å². The molecule has 0 unspecified atom stereocenters. The van der Waals surface area contributed by atoms with Crippen molar-refractivity contribution >= 4 is 45.6 Å². The largest absolute Gasteiger partial charge is 0.321 e. The number of aryl methyl sites for hydroxylation is 1. The summed E-state index contributed by atoms with van der Waals surface area (Å²) in [5, 5.41) is 18.3. The van der Waals surface area contributed by atoms with Crippen molar-refractivity contribution in [3.05, 3.63) is 76.4 Å². The van der Waals surface area contributed by atoms with E-state index < -0.39 is 11.7 Å². The lowest BCUT2D eigenvalue weighted by atomic mass is 10.2. The topological polar surface area (TPSA) is 102 Å². The molecular formula is C21H17FN6O2S2. The second-order valence-electron chi connectivity index (χ2n) is 6.67. The van der Waals surface area contributed by atoms with Gasteiger partial charge in [-0.1, -0.05) is 23.9 Å². The molecule has 2 N–H and O–H groups in total. The van der Waals surface area contributed by atoms with Crippen LogP contribution in [-0.4, -0.2) is 38.3 Å². The molecule has 162 valence electrons. The van der Waals surface area contributed by atoms with Gasteiger partial charge in [0.05, 0.1) is 15.6 Å². The van der Waals surface area contributed by atoms with E-state index in [0.717, 1.165) is 17.4 Å². The van der Waals surface area contributed by atoms with Crippen LogP contribution < -0.4 is 10.6 Å². The van der Waals surface area contributed by atoms with Gasteiger partial charge in [-0.3, -0.25) is 9.59 Å². The SMILES string of the molecule is CSc1nnnn1-c1cccc(NC(=O)c2sc(NC(=O)c3cccc(F)c3)cc2C)c1. The average Bonchev–Trinajstić information content (AvgIpc) is 3.40. The Kier molecular flexibility index (Phi) is 6.28. The number of halogens is 1. The van der Waals surface area contributed by atoms with E-state index in [0.29, 0.717) is 32.0 Å². The molecule has 2 aromatic heterocycles. The zero-order valence-electron chi connectivity index (χ0n) is 17.0. The molecule has 2 aromatic carbocycles. The number of rotatable bonds is 6. The Morgan fingerprint density at radius 2 is 1.88 bits per heavy atom. The van der Waals surface area contributed by atoms with E-state index in [9.17, 15) is 14.0 Å². The number of hydrogen-bond donors (Lipinski definition) is 2. The lowest BCUT2D eigenvalue weighted by Gasteiger charge is -2.08. The van der Waals surface area contributed by atoms with Gasteiger partial charge < -0.3 is 10.6 Å². The van der Waals surface area contributed by atoms with Crippen LogP contribution in [-0.2, 0) is 0 Å². The van der Waals surface area contributed by atoms with E-state index in [4.69, 9.17) is 0 Å². The summed E-state index contributed by atoms with van der Waals surface area (Å²) in [7, 11) is 0. The second kappa shape index (κ2) is 9.28. The van der Waals surface area contributed by atoms with Crippen molar-refractivity contribution in [2.45, 2.75) is 12.1 Å². The van der Waals surface area contributed by atoms with Crippen LogP contribution >= 0.6 is 23.1 Å². The van der Waals surface area contributed by atoms with Gasteiger partial charge in [0.2, 0.25) is 5.16 Å². The molecule has 0 aliphatic rings. The van der Waals surface area contributed by atoms with Gasteiger partial charge in [-0.25, -0.2) is 4.39 Å². The number of thiophene rings is 1. The maximum absolute atomic E-state index is 13.4. The average molecular weight is 469 g/mol. The molecular weight excluding hydrogens is 451 g/mol. The normalized spacial score (nSPS) is 10.7. The van der Waals surface area contributed by atoms with Crippen LogP contribution in [0.1, 0.15) is 25.6 Å². The maximum atomic E-state index is 13.4. The summed E-state index contributed by atoms with van der Waals surface area (Å²) in [6.45, 7) is 1.78. The Morgan fingerprint density at radius 3 is 2.66 bits per heavy atom. The number of anilines is 2. The summed E-state index contributed by atoms with van der Waals surface area (Å²) in [4.78, 5) is 25.7. The van der Waals surface area contributed by atoms with Gasteiger partial charge in [0.1, 0.15) is 5.82 Å². The Labute approximate surface area is 190 Å². The predicted octanol–water partition coefficient (Wildman–Crippen LogP) is 4.40. The molecule has 0 aliphatic carbocycles. The molecule has 0 radical (unpaired) electrons. The number of hydrogen-bond acceptors (Lipinski definition) is 7. The molecule has 0 saturated carbocycles. The van der Waals surface area contributed by atoms with Crippen molar-refractivity contribution < 1.29 is 14.0 Å². The molecule has 4 rings (SSSR count). The zero-order chi connectivity index (χ0) is 22.7. The number of carbonyl (C=O) groups is 2. The molecule has 0 bridgehead atoms. The van der Waals surface area contributed by atoms with Crippen molar-refractivity contribution in [3.63, 3.8) is 0 Å². The number of amides is 2. The Hall–Kier alpha value is -3.57. The first kappa shape index (κ1) is 21.7. The fourth-order valence-corrected chi connectivity index (χ4v) is 4.35. The Balaban J connectivity index is 1.49. The molecule has 32 heavy (non-hydrogen) atoms. The van der Waals surface area contributed by atoms with Crippen LogP contribution in [0.2, 0.25) is 0 Å². The number of aromatic nitrogens is 4. The summed E-state index contributed by atoms with van der Waals surface area (Å²) in [6.07, 6.45) is 1.87. The monoisotopic (exact) mass is 468 g/mol. The molecule has 2 heterocycles. The number of nitrogens with one attached hydrogen (secondary N) is 2. The molecule has 2 amide bonds. The minimum atomic E-state index is -0.492. The van der Waals surface area contributed by atoms with Gasteiger partial charge in [0, 0.05) is 11.3 Å². The third-order valence-corrected chi connectivity index (χ3v) is 6.19. The van der Waals surface area contributed by atoms with E-state index in [2.05, 4.69) is 26.2 Å². The van der Waals surface area contributed by atoms with E-state index >= 15 is 0 Å². The standard InChI is InChI=1S/C21H17FN6O2S2/c1-12-9-17(24-19(29)13-5-3-6-14(22)10-13)32-18(12)20(30)23-15-7-4-8-16(11-15)28-21(31-2)25-26-27-28/h3-11H,1-2H3,(H,23,30)(H,24,29). The van der Waals surface area contributed by atoms with Crippen LogP contribution in [0.5, 0.6) is 0 Å². The molecule has 8 nitrogen and oxygen atoms in total. The van der Waals surface area contributed by atoms with Crippen molar-refractivity contribution in [1.82, 2.24) is 20.2 Å². The summed E-state index contributed by atoms with van der Waals surface area (Å²) in [5.41, 5.74) is 2.20. The van der Waals surface area contributed by atoms with Gasteiger partial charge in [-0.05, 0) is 71.6 Å². The second-order valence-corrected chi connectivity index (χ2v) is 8.49. The fraction of sp³-hybridized carbons (Fsp3) is 0.0952. The number of tetrazole rings is 1. The number of carbonyl (C=O) groups excluding carboxylic acids is 2. The first-order valence-electron chi connectivity index (χ1n) is 9.36. The molecule has 0 aliphatic heterocycles. The third kappa shape index (κ3) is 4.68. The van der Waals surface area contributed by atoms with E-state index in [1.165, 1.54) is 30.0 Å². The molecule has 0 fully saturated rings. The minimum absolute atomic E-state index is 0.200. The zero-order valence-corrected chi connectivity index (χ0v) is 18.6. The fourth-order valence-electron chi connectivity index (χ4n) is 2.95. The molecule has 0 spiro atoms. The highest BCUT2D eigenvalue weighted by atomic mass is 32.2. The highest BCUT2D eigenvalue weighted by molar-refractivity contribution is 7.98. The highest BCUT2D eigenvalue weighted by Crippen LogP contribution is 2.28. The molecule has 11 heteroatoms. The minimum Gasteiger partial charge on any atom is -0.321 e. The lowest BCUT2D eigenvalue weighted by molar-refractivity contribution is 0.101. The third-order valence-electron chi connectivity index (χ3n) is 4.42. The summed E-state index contributed by atoms with van der Waals surface area (Å²) < 4.78 is 14.9. The van der Waals surface area contributed by atoms with E-state index in [1.54, 1.807) is 35.9 Å². The predicted molar refractivity (Wildman–Crippen MR) is 122 cm³/mol. The van der Waals surface area contributed by atoms with Gasteiger partial charge in [0.15, 0.2) is 0 Å². The Bertz CT molecular complexity index is 1300. The van der Waals surface area contributed by atoms with Crippen molar-refractivity contribution in [2.75, 3.05) is 16.9 Å². The molecule has 4 aromatic rings. The van der Waals surface area contributed by atoms with Crippen LogP contribution in [0, 0.1) is 12.7 Å². The summed E-state index contributed by atoms with van der Waals surface area (Å²) in [6, 6.07) is 14.3. The summed E-state index contributed by atoms with van der Waals surface area (Å²) in [5.74, 6) is -1.25. The maximum Gasteiger partial charge on any atom is 0.266 e. The van der Waals surface area contributed by atoms with Crippen LogP contribution in [0.15, 0.2) is 59.8 Å². The Morgan fingerprint density at radius 1 is 1.06 bits per heavy atom. The smallest absolute Gasteiger partial charge is 0.266 e. The van der Waals surface area contributed by atoms with Crippen LogP contribution in [0.25, 0.3) is 5.69 Å². The van der Waals surface area contributed by atoms with Crippen LogP contribution in [0.4, 0.5) is 15.1 Å². The van der Waals surface area contributed by atoms with Gasteiger partial charge in [0.25, 0.3) is 11.8 Å². The van der Waals surface area contributed by atoms with E-state index in [-0.39, 0.29) is 11.5 Å². The number of thioether (sulfide) groups is 1. The van der Waals surface area contributed by atoms with Gasteiger partial charge >= 0.3 is 0 Å². The quantitative estimate of drug-likeness (QED) is 0.407. The van der Waals surface area contributed by atoms with E-state index in [1.807, 2.05) is 12.3 Å². The first-order chi connectivity index (χ1) is 15.4. The first-order valence-corrected chi connectivity index (χ1v) is 11.4. The van der Waals surface area contributed by atoms with Gasteiger partial charge in [-0.15, -0.1) is 16.4 Å². The number of nitrogens with zero attached hydrogens (tertiary/aromatic N) is 4. The highest BCUT2D eigenvalue weighted by Gasteiger charge is 2.17. The van der Waals surface area contributed by atoms with Crippen molar-refractivity contribution in [1.29, 1.82) is 0 Å². The molecule has 0 atom stereocenters. The summed E-state index contributed by atoms with van der Waals surface area (Å²) >= 11 is 2.55. The molecule has 0 saturated heterocycles. The lowest BCUT2D eigenvalue weighted by Crippen LogP contribution is -2.12. The van der Waals surface area contributed by atoms with Crippen LogP contribution in [0.3, 0.4) is 0 Å². The van der Waals surface area contributed by atoms with Gasteiger partial charge in [-0.2, -0.15) is 4.68 Å².